The molecule has 1 fully saturated rings. The molecule has 1 N–H and O–H groups in total. The summed E-state index contributed by atoms with van der Waals surface area (Å²) in [4.78, 5) is 14.9. The van der Waals surface area contributed by atoms with Crippen LogP contribution in [0.4, 0.5) is 0 Å². The molecule has 0 spiro atoms. The third kappa shape index (κ3) is 4.92. The number of carboxylic acids is 1. The van der Waals surface area contributed by atoms with Crippen molar-refractivity contribution in [2.24, 2.45) is 0 Å². The molecule has 1 heterocycles. The van der Waals surface area contributed by atoms with Crippen molar-refractivity contribution < 1.29 is 14.6 Å². The quantitative estimate of drug-likeness (QED) is 0.702. The van der Waals surface area contributed by atoms with Crippen LogP contribution >= 0.6 is 0 Å². The minimum absolute atomic E-state index is 0.113. The first kappa shape index (κ1) is 13.4. The summed E-state index contributed by atoms with van der Waals surface area (Å²) < 4.78 is 5.40. The Labute approximate surface area is 97.0 Å². The van der Waals surface area contributed by atoms with Crippen molar-refractivity contribution in [1.29, 1.82) is 0 Å². The first-order valence-corrected chi connectivity index (χ1v) is 5.78. The van der Waals surface area contributed by atoms with Gasteiger partial charge in [-0.1, -0.05) is 0 Å². The van der Waals surface area contributed by atoms with Gasteiger partial charge in [0, 0.05) is 25.7 Å². The maximum Gasteiger partial charge on any atom is 0.317 e. The highest BCUT2D eigenvalue weighted by molar-refractivity contribution is 5.69. The number of aliphatic carboxylic acids is 1. The van der Waals surface area contributed by atoms with Crippen LogP contribution in [0.25, 0.3) is 0 Å². The zero-order valence-electron chi connectivity index (χ0n) is 10.2. The van der Waals surface area contributed by atoms with Gasteiger partial charge >= 0.3 is 5.97 Å². The minimum atomic E-state index is -0.760. The van der Waals surface area contributed by atoms with E-state index in [4.69, 9.17) is 9.84 Å². The zero-order valence-corrected chi connectivity index (χ0v) is 10.2. The van der Waals surface area contributed by atoms with Crippen LogP contribution in [0.3, 0.4) is 0 Å². The number of hydrogen-bond donors (Lipinski definition) is 1. The van der Waals surface area contributed by atoms with E-state index in [0.717, 1.165) is 32.5 Å². The average Bonchev–Trinajstić information content (AvgIpc) is 2.25. The van der Waals surface area contributed by atoms with Gasteiger partial charge in [-0.05, 0) is 26.9 Å². The van der Waals surface area contributed by atoms with E-state index in [2.05, 4.69) is 4.90 Å². The van der Waals surface area contributed by atoms with Gasteiger partial charge in [0.1, 0.15) is 0 Å². The summed E-state index contributed by atoms with van der Waals surface area (Å²) in [5.41, 5.74) is 0. The third-order valence-electron chi connectivity index (χ3n) is 2.83. The molecule has 1 saturated heterocycles. The lowest BCUT2D eigenvalue weighted by Crippen LogP contribution is -2.46. The molecule has 5 nitrogen and oxygen atoms in total. The molecule has 16 heavy (non-hydrogen) atoms. The van der Waals surface area contributed by atoms with E-state index in [9.17, 15) is 4.79 Å². The summed E-state index contributed by atoms with van der Waals surface area (Å²) in [6.07, 6.45) is 2.07. The Hall–Kier alpha value is -0.650. The standard InChI is InChI=1S/C11H22N2O3/c1-12(2)5-6-13(8-11(14)15)10-4-3-7-16-9-10/h10H,3-9H2,1-2H3,(H,14,15). The van der Waals surface area contributed by atoms with E-state index in [1.165, 1.54) is 0 Å². The van der Waals surface area contributed by atoms with Gasteiger partial charge in [-0.15, -0.1) is 0 Å². The normalized spacial score (nSPS) is 21.6. The topological polar surface area (TPSA) is 53.0 Å². The van der Waals surface area contributed by atoms with Gasteiger partial charge in [-0.25, -0.2) is 0 Å². The lowest BCUT2D eigenvalue weighted by Gasteiger charge is -2.33. The molecule has 0 aromatic heterocycles. The third-order valence-corrected chi connectivity index (χ3v) is 2.83. The molecule has 1 aliphatic rings. The smallest absolute Gasteiger partial charge is 0.317 e. The maximum absolute atomic E-state index is 10.8. The lowest BCUT2D eigenvalue weighted by atomic mass is 10.1. The van der Waals surface area contributed by atoms with Crippen LogP contribution < -0.4 is 0 Å². The van der Waals surface area contributed by atoms with Crippen LogP contribution in [-0.4, -0.2) is 73.9 Å². The molecule has 0 radical (unpaired) electrons. The first-order valence-electron chi connectivity index (χ1n) is 5.78. The van der Waals surface area contributed by atoms with Crippen molar-refractivity contribution in [3.63, 3.8) is 0 Å². The molecule has 0 bridgehead atoms. The molecule has 1 aliphatic heterocycles. The predicted octanol–water partition coefficient (Wildman–Crippen LogP) is 0.114. The molecule has 0 aliphatic carbocycles. The fraction of sp³-hybridized carbons (Fsp3) is 0.909. The molecule has 0 amide bonds. The highest BCUT2D eigenvalue weighted by Gasteiger charge is 2.23. The van der Waals surface area contributed by atoms with Crippen LogP contribution in [0, 0.1) is 0 Å². The SMILES string of the molecule is CN(C)CCN(CC(=O)O)C1CCCOC1. The Morgan fingerprint density at radius 1 is 1.44 bits per heavy atom. The molecule has 0 aromatic carbocycles. The van der Waals surface area contributed by atoms with Crippen molar-refractivity contribution in [2.45, 2.75) is 18.9 Å². The Bertz CT molecular complexity index is 215. The molecule has 0 saturated carbocycles. The fourth-order valence-electron chi connectivity index (χ4n) is 1.90. The van der Waals surface area contributed by atoms with Crippen molar-refractivity contribution in [3.05, 3.63) is 0 Å². The number of nitrogens with zero attached hydrogens (tertiary/aromatic N) is 2. The highest BCUT2D eigenvalue weighted by atomic mass is 16.5. The Morgan fingerprint density at radius 2 is 2.19 bits per heavy atom. The van der Waals surface area contributed by atoms with Crippen molar-refractivity contribution in [2.75, 3.05) is 46.9 Å². The van der Waals surface area contributed by atoms with Crippen LogP contribution in [0.1, 0.15) is 12.8 Å². The summed E-state index contributed by atoms with van der Waals surface area (Å²) in [5.74, 6) is -0.760. The predicted molar refractivity (Wildman–Crippen MR) is 61.6 cm³/mol. The second-order valence-electron chi connectivity index (χ2n) is 4.54. The molecule has 0 aromatic rings. The Balaban J connectivity index is 2.44. The second kappa shape index (κ2) is 6.83. The number of hydrogen-bond acceptors (Lipinski definition) is 4. The number of ether oxygens (including phenoxy) is 1. The average molecular weight is 230 g/mol. The van der Waals surface area contributed by atoms with E-state index in [1.54, 1.807) is 0 Å². The Kier molecular flexibility index (Phi) is 5.73. The molecule has 1 rings (SSSR count). The summed E-state index contributed by atoms with van der Waals surface area (Å²) in [5, 5.41) is 8.88. The van der Waals surface area contributed by atoms with Gasteiger partial charge in [-0.2, -0.15) is 0 Å². The minimum Gasteiger partial charge on any atom is -0.480 e. The zero-order chi connectivity index (χ0) is 12.0. The molecule has 1 atom stereocenters. The summed E-state index contributed by atoms with van der Waals surface area (Å²) in [7, 11) is 3.99. The van der Waals surface area contributed by atoms with E-state index in [0.29, 0.717) is 6.61 Å². The van der Waals surface area contributed by atoms with E-state index in [-0.39, 0.29) is 12.6 Å². The van der Waals surface area contributed by atoms with Crippen molar-refractivity contribution in [1.82, 2.24) is 9.80 Å². The number of carboxylic acid groups (broad SMARTS) is 1. The summed E-state index contributed by atoms with van der Waals surface area (Å²) in [6.45, 7) is 3.25. The molecule has 94 valence electrons. The Morgan fingerprint density at radius 3 is 2.69 bits per heavy atom. The molecule has 1 unspecified atom stereocenters. The van der Waals surface area contributed by atoms with Gasteiger partial charge in [0.2, 0.25) is 0 Å². The second-order valence-corrected chi connectivity index (χ2v) is 4.54. The van der Waals surface area contributed by atoms with Crippen LogP contribution in [0.5, 0.6) is 0 Å². The van der Waals surface area contributed by atoms with Crippen LogP contribution in [0.15, 0.2) is 0 Å². The largest absolute Gasteiger partial charge is 0.480 e. The van der Waals surface area contributed by atoms with Crippen molar-refractivity contribution >= 4 is 5.97 Å². The van der Waals surface area contributed by atoms with Crippen molar-refractivity contribution in [3.8, 4) is 0 Å². The first-order chi connectivity index (χ1) is 7.59. The van der Waals surface area contributed by atoms with Gasteiger partial charge in [0.25, 0.3) is 0 Å². The maximum atomic E-state index is 10.8. The summed E-state index contributed by atoms with van der Waals surface area (Å²) >= 11 is 0. The van der Waals surface area contributed by atoms with Gasteiger partial charge in [0.05, 0.1) is 13.2 Å². The van der Waals surface area contributed by atoms with Gasteiger partial charge < -0.3 is 14.7 Å². The number of likely N-dealkylation sites (N-methyl/N-ethyl adjacent to an activating group) is 1. The highest BCUT2D eigenvalue weighted by Crippen LogP contribution is 2.13. The molecular formula is C11H22N2O3. The number of carbonyl (C=O) groups is 1. The van der Waals surface area contributed by atoms with Crippen LogP contribution in [0.2, 0.25) is 0 Å². The fourth-order valence-corrected chi connectivity index (χ4v) is 1.90. The number of rotatable bonds is 6. The van der Waals surface area contributed by atoms with E-state index < -0.39 is 5.97 Å². The molecule has 5 heteroatoms. The van der Waals surface area contributed by atoms with Gasteiger partial charge in [-0.3, -0.25) is 9.69 Å². The molecular weight excluding hydrogens is 208 g/mol. The van der Waals surface area contributed by atoms with Crippen LogP contribution in [-0.2, 0) is 9.53 Å². The van der Waals surface area contributed by atoms with E-state index >= 15 is 0 Å². The lowest BCUT2D eigenvalue weighted by molar-refractivity contribution is -0.139. The van der Waals surface area contributed by atoms with E-state index in [1.807, 2.05) is 19.0 Å². The summed E-state index contributed by atoms with van der Waals surface area (Å²) in [6, 6.07) is 0.268. The monoisotopic (exact) mass is 230 g/mol. The van der Waals surface area contributed by atoms with Gasteiger partial charge in [0.15, 0.2) is 0 Å².